The van der Waals surface area contributed by atoms with Crippen LogP contribution in [-0.2, 0) is 60.1 Å². The van der Waals surface area contributed by atoms with Crippen molar-refractivity contribution in [1.29, 1.82) is 0 Å². The number of aliphatic hydroxyl groups excluding tert-OH is 2. The van der Waals surface area contributed by atoms with E-state index in [1.54, 1.807) is 0 Å². The van der Waals surface area contributed by atoms with E-state index < -0.39 is 178 Å². The Morgan fingerprint density at radius 2 is 0.893 bits per heavy atom. The van der Waals surface area contributed by atoms with Gasteiger partial charge in [-0.3, -0.25) is 48.6 Å². The van der Waals surface area contributed by atoms with E-state index in [0.29, 0.717) is 36.4 Å². The van der Waals surface area contributed by atoms with Crippen molar-refractivity contribution < 1.29 is 93.6 Å². The number of hydrazone groups is 2. The molecule has 396 valence electrons. The lowest BCUT2D eigenvalue weighted by Gasteiger charge is -2.18. The number of sulfone groups is 2. The molecule has 5 aromatic rings. The van der Waals surface area contributed by atoms with Gasteiger partial charge in [0.2, 0.25) is 22.8 Å². The number of nitrogens with one attached hydrogen (secondary N) is 4. The van der Waals surface area contributed by atoms with Gasteiger partial charge in [-0.05, 0) is 96.1 Å². The zero-order valence-corrected chi connectivity index (χ0v) is 41.8. The van der Waals surface area contributed by atoms with Crippen molar-refractivity contribution in [2.24, 2.45) is 20.2 Å². The lowest BCUT2D eigenvalue weighted by atomic mass is 9.93. The van der Waals surface area contributed by atoms with Crippen molar-refractivity contribution in [2.75, 3.05) is 35.6 Å². The summed E-state index contributed by atoms with van der Waals surface area (Å²) in [6.07, 6.45) is 1.14. The number of nitrogens with zero attached hydrogens (tertiary/aromatic N) is 5. The van der Waals surface area contributed by atoms with Crippen LogP contribution in [0.25, 0.3) is 12.2 Å². The Balaban J connectivity index is 1.38. The molecule has 1 heterocycles. The average Bonchev–Trinajstić information content (AvgIpc) is 3.29. The average molecular weight is 1160 g/mol. The molecule has 75 heavy (non-hydrogen) atoms. The number of hydrogen-bond acceptors (Lipinski definition) is 24. The molecule has 4 aromatic carbocycles. The van der Waals surface area contributed by atoms with Crippen LogP contribution in [0.4, 0.5) is 22.7 Å². The van der Waals surface area contributed by atoms with Gasteiger partial charge in [0.05, 0.1) is 78.2 Å². The minimum atomic E-state index is -5.41. The Hall–Kier alpha value is -7.49. The summed E-state index contributed by atoms with van der Waals surface area (Å²) in [5.41, 5.74) is -3.45. The number of aromatic nitrogens is 3. The zero-order valence-electron chi connectivity index (χ0n) is 36.9. The summed E-state index contributed by atoms with van der Waals surface area (Å²) in [5.74, 6) is -4.05. The van der Waals surface area contributed by atoms with E-state index in [0.717, 1.165) is 48.5 Å². The molecule has 36 heteroatoms. The van der Waals surface area contributed by atoms with Gasteiger partial charge in [-0.25, -0.2) is 26.8 Å². The second-order valence-corrected chi connectivity index (χ2v) is 25.1. The van der Waals surface area contributed by atoms with Crippen molar-refractivity contribution in [3.8, 4) is 6.01 Å². The predicted molar refractivity (Wildman–Crippen MR) is 259 cm³/mol. The number of anilines is 2. The smallest absolute Gasteiger partial charge is 0.297 e. The molecule has 1 aromatic heterocycles. The van der Waals surface area contributed by atoms with Gasteiger partial charge in [0.15, 0.2) is 31.1 Å². The largest absolute Gasteiger partial charge is 0.480 e. The summed E-state index contributed by atoms with van der Waals surface area (Å²) in [5, 5.41) is 36.4. The second kappa shape index (κ2) is 20.3. The van der Waals surface area contributed by atoms with Crippen LogP contribution in [0.3, 0.4) is 0 Å². The number of aromatic amines is 2. The Morgan fingerprint density at radius 3 is 1.25 bits per heavy atom. The maximum absolute atomic E-state index is 14.2. The van der Waals surface area contributed by atoms with E-state index in [-0.39, 0.29) is 21.2 Å². The summed E-state index contributed by atoms with van der Waals surface area (Å²) < 4.78 is 190. The van der Waals surface area contributed by atoms with Crippen LogP contribution in [0, 0.1) is 0 Å². The Labute approximate surface area is 421 Å². The number of carbonyl (C=O) groups is 2. The molecule has 0 amide bonds. The number of benzene rings is 4. The van der Waals surface area contributed by atoms with Crippen LogP contribution in [0.2, 0.25) is 0 Å². The first-order valence-electron chi connectivity index (χ1n) is 20.1. The van der Waals surface area contributed by atoms with Crippen LogP contribution >= 0.6 is 0 Å². The monoisotopic (exact) mass is 1160 g/mol. The van der Waals surface area contributed by atoms with Gasteiger partial charge in [0, 0.05) is 0 Å². The molecule has 0 saturated carbocycles. The molecule has 0 unspecified atom stereocenters. The summed E-state index contributed by atoms with van der Waals surface area (Å²) >= 11 is 0. The van der Waals surface area contributed by atoms with Crippen molar-refractivity contribution in [1.82, 2.24) is 15.0 Å². The standard InChI is InChI=1S/C39H33N9O21S6/c49-9-11-70(54,55)23-5-1-21(2-6-23)45-47-33-29(74(64,65)66)15-19-13-25(72(58,59)60)17-27(31(19)35(33)51)40-37-42-38(44-39(53)43-37)41-28-18-26(73(61,62)63)14-20-16-30(75(67,68)69)34(36(52)32(20)28)48-46-22-3-7-24(8-4-22)71(56,57)12-10-50/h1-8,13-18,45-46,49-50H,9-12H2,(H,58,59,60)(H,61,62,63)(H,64,65,66)(H,67,68,69)(H3,40,41,42,43,44,53)/b47-33+,48-34+. The lowest BCUT2D eigenvalue weighted by Crippen LogP contribution is -2.29. The summed E-state index contributed by atoms with van der Waals surface area (Å²) in [7, 11) is -29.2. The van der Waals surface area contributed by atoms with Crippen LogP contribution in [-0.4, -0.2) is 147 Å². The summed E-state index contributed by atoms with van der Waals surface area (Å²) in [6, 6.07) is 10.1. The van der Waals surface area contributed by atoms with Crippen LogP contribution in [0.1, 0.15) is 31.8 Å². The topological polar surface area (TPSA) is 499 Å². The molecule has 0 saturated heterocycles. The number of allylic oxidation sites excluding steroid dienone is 2. The molecule has 7 rings (SSSR count). The number of hydrogen-bond donors (Lipinski definition) is 11. The second-order valence-electron chi connectivity index (χ2n) is 15.2. The van der Waals surface area contributed by atoms with Crippen LogP contribution in [0.5, 0.6) is 6.01 Å². The molecule has 0 radical (unpaired) electrons. The highest BCUT2D eigenvalue weighted by Crippen LogP contribution is 2.37. The predicted octanol–water partition coefficient (Wildman–Crippen LogP) is -0.280. The van der Waals surface area contributed by atoms with Gasteiger partial charge in [-0.2, -0.15) is 48.9 Å². The quantitative estimate of drug-likeness (QED) is 0.0447. The van der Waals surface area contributed by atoms with E-state index >= 15 is 0 Å². The minimum absolute atomic E-state index is 0.0589. The van der Waals surface area contributed by atoms with E-state index in [1.807, 2.05) is 0 Å². The maximum Gasteiger partial charge on any atom is 0.297 e. The SMILES string of the molecule is O=C1/C(=N/Nc2ccc(S(=O)(=O)CCO)cc2)C(S(=O)(=O)O)=Cc2cc(S(=O)(=O)O)cc(N=c3nc(O)[nH]c(=Nc4cc(S(=O)(=O)O)cc5c4C(=O)/C(=N/Nc4ccc(S(=O)(=O)CCO)cc4)C(S(=O)(=O)O)=C5)[nH]3)c21. The number of aromatic hydroxyl groups is 1. The molecule has 11 N–H and O–H groups in total. The highest BCUT2D eigenvalue weighted by atomic mass is 32.2. The van der Waals surface area contributed by atoms with E-state index in [1.165, 1.54) is 0 Å². The maximum atomic E-state index is 14.2. The van der Waals surface area contributed by atoms with E-state index in [2.05, 4.69) is 46.0 Å². The first-order valence-corrected chi connectivity index (χ1v) is 29.2. The van der Waals surface area contributed by atoms with Crippen LogP contribution < -0.4 is 22.1 Å². The van der Waals surface area contributed by atoms with Crippen molar-refractivity contribution in [2.45, 2.75) is 19.6 Å². The number of carbonyl (C=O) groups excluding carboxylic acids is 2. The molecule has 0 bridgehead atoms. The minimum Gasteiger partial charge on any atom is -0.480 e. The molecule has 0 spiro atoms. The first-order chi connectivity index (χ1) is 34.8. The fourth-order valence-electron chi connectivity index (χ4n) is 6.86. The Bertz CT molecular complexity index is 3990. The van der Waals surface area contributed by atoms with Crippen molar-refractivity contribution in [3.63, 3.8) is 0 Å². The third kappa shape index (κ3) is 12.2. The molecule has 2 aliphatic rings. The number of H-pyrrole nitrogens is 2. The number of Topliss-reactive ketones (excluding diaryl/α,β-unsaturated/α-hetero) is 2. The van der Waals surface area contributed by atoms with Gasteiger partial charge >= 0.3 is 0 Å². The van der Waals surface area contributed by atoms with E-state index in [4.69, 9.17) is 10.2 Å². The van der Waals surface area contributed by atoms with Crippen LogP contribution in [0.15, 0.2) is 122 Å². The van der Waals surface area contributed by atoms with Gasteiger partial charge in [0.25, 0.3) is 46.5 Å². The van der Waals surface area contributed by atoms with Gasteiger partial charge in [0.1, 0.15) is 9.81 Å². The summed E-state index contributed by atoms with van der Waals surface area (Å²) in [4.78, 5) is 39.8. The fourth-order valence-corrected chi connectivity index (χ4v) is 11.3. The number of rotatable bonds is 16. The number of fused-ring (bicyclic) bond motifs is 2. The molecule has 2 aliphatic carbocycles. The Kier molecular flexibility index (Phi) is 15.0. The van der Waals surface area contributed by atoms with Gasteiger partial charge < -0.3 is 15.3 Å². The first kappa shape index (κ1) is 55.3. The molecule has 30 nitrogen and oxygen atoms in total. The normalized spacial score (nSPS) is 16.1. The third-order valence-corrected chi connectivity index (χ3v) is 17.0. The van der Waals surface area contributed by atoms with Crippen molar-refractivity contribution in [3.05, 3.63) is 116 Å². The number of aliphatic hydroxyl groups is 2. The Morgan fingerprint density at radius 1 is 0.507 bits per heavy atom. The molecule has 0 aliphatic heterocycles. The van der Waals surface area contributed by atoms with Gasteiger partial charge in [-0.1, -0.05) is 0 Å². The van der Waals surface area contributed by atoms with Gasteiger partial charge in [-0.15, -0.1) is 0 Å². The molecular formula is C39H33N9O21S6. The fraction of sp³-hybridized carbons (Fsp3) is 0.103. The molecular weight excluding hydrogens is 1120 g/mol. The highest BCUT2D eigenvalue weighted by molar-refractivity contribution is 7.92. The highest BCUT2D eigenvalue weighted by Gasteiger charge is 2.37. The molecule has 0 fully saturated rings. The van der Waals surface area contributed by atoms with Crippen molar-refractivity contribution >= 4 is 118 Å². The molecule has 0 atom stereocenters. The summed E-state index contributed by atoms with van der Waals surface area (Å²) in [6.45, 7) is -1.38. The lowest BCUT2D eigenvalue weighted by molar-refractivity contribution is 0.105. The third-order valence-electron chi connectivity index (χ3n) is 10.2. The van der Waals surface area contributed by atoms with E-state index in [9.17, 15) is 83.4 Å². The number of ketones is 2. The zero-order chi connectivity index (χ0) is 55.2.